The molecule has 4 heteroatoms. The first kappa shape index (κ1) is 12.9. The quantitative estimate of drug-likeness (QED) is 0.794. The highest BCUT2D eigenvalue weighted by molar-refractivity contribution is 5.50. The van der Waals surface area contributed by atoms with Gasteiger partial charge in [-0.2, -0.15) is 0 Å². The summed E-state index contributed by atoms with van der Waals surface area (Å²) in [7, 11) is 1.97. The number of likely N-dealkylation sites (N-methyl/N-ethyl adjacent to an activating group) is 1. The van der Waals surface area contributed by atoms with E-state index < -0.39 is 0 Å². The zero-order valence-corrected chi connectivity index (χ0v) is 10.2. The molecule has 0 aromatic carbocycles. The predicted octanol–water partition coefficient (Wildman–Crippen LogP) is 1.44. The van der Waals surface area contributed by atoms with E-state index in [1.54, 1.807) is 12.4 Å². The van der Waals surface area contributed by atoms with Crippen molar-refractivity contribution in [3.05, 3.63) is 24.0 Å². The van der Waals surface area contributed by atoms with Crippen molar-refractivity contribution in [1.29, 1.82) is 0 Å². The minimum Gasteiger partial charge on any atom is -0.392 e. The SMILES string of the molecule is CC(C)OCCN(C)c1cnccc1CO. The van der Waals surface area contributed by atoms with E-state index in [2.05, 4.69) is 4.98 Å². The number of aliphatic hydroxyl groups excluding tert-OH is 1. The number of aliphatic hydroxyl groups is 1. The first-order valence-corrected chi connectivity index (χ1v) is 5.51. The fraction of sp³-hybridized carbons (Fsp3) is 0.583. The lowest BCUT2D eigenvalue weighted by molar-refractivity contribution is 0.0845. The Bertz CT molecular complexity index is 316. The largest absolute Gasteiger partial charge is 0.392 e. The zero-order valence-electron chi connectivity index (χ0n) is 10.2. The molecular formula is C12H20N2O2. The summed E-state index contributed by atoms with van der Waals surface area (Å²) in [5, 5.41) is 9.20. The highest BCUT2D eigenvalue weighted by Crippen LogP contribution is 2.17. The molecule has 0 unspecified atom stereocenters. The van der Waals surface area contributed by atoms with Crippen LogP contribution in [-0.4, -0.2) is 36.4 Å². The van der Waals surface area contributed by atoms with E-state index in [9.17, 15) is 5.11 Å². The molecule has 0 amide bonds. The maximum atomic E-state index is 9.20. The van der Waals surface area contributed by atoms with Crippen molar-refractivity contribution in [3.63, 3.8) is 0 Å². The number of nitrogens with zero attached hydrogens (tertiary/aromatic N) is 2. The van der Waals surface area contributed by atoms with Crippen LogP contribution in [0, 0.1) is 0 Å². The van der Waals surface area contributed by atoms with Gasteiger partial charge < -0.3 is 14.7 Å². The highest BCUT2D eigenvalue weighted by Gasteiger charge is 2.06. The molecule has 1 aromatic heterocycles. The second-order valence-electron chi connectivity index (χ2n) is 4.00. The van der Waals surface area contributed by atoms with Crippen molar-refractivity contribution in [1.82, 2.24) is 4.98 Å². The van der Waals surface area contributed by atoms with Crippen LogP contribution in [0.15, 0.2) is 18.5 Å². The molecule has 1 heterocycles. The van der Waals surface area contributed by atoms with Gasteiger partial charge in [0.2, 0.25) is 0 Å². The van der Waals surface area contributed by atoms with Crippen LogP contribution in [0.1, 0.15) is 19.4 Å². The van der Waals surface area contributed by atoms with Gasteiger partial charge in [0, 0.05) is 25.4 Å². The van der Waals surface area contributed by atoms with Gasteiger partial charge in [0.05, 0.1) is 31.2 Å². The van der Waals surface area contributed by atoms with Gasteiger partial charge in [-0.3, -0.25) is 4.98 Å². The van der Waals surface area contributed by atoms with Crippen LogP contribution in [0.5, 0.6) is 0 Å². The molecule has 0 saturated carbocycles. The molecule has 0 saturated heterocycles. The number of rotatable bonds is 6. The average molecular weight is 224 g/mol. The number of hydrogen-bond acceptors (Lipinski definition) is 4. The van der Waals surface area contributed by atoms with Crippen molar-refractivity contribution in [3.8, 4) is 0 Å². The Balaban J connectivity index is 2.55. The van der Waals surface area contributed by atoms with E-state index in [1.165, 1.54) is 0 Å². The van der Waals surface area contributed by atoms with Crippen LogP contribution in [0.4, 0.5) is 5.69 Å². The molecule has 0 fully saturated rings. The number of pyridine rings is 1. The van der Waals surface area contributed by atoms with Crippen LogP contribution in [-0.2, 0) is 11.3 Å². The van der Waals surface area contributed by atoms with Crippen LogP contribution >= 0.6 is 0 Å². The van der Waals surface area contributed by atoms with E-state index in [0.29, 0.717) is 6.61 Å². The van der Waals surface area contributed by atoms with E-state index in [1.807, 2.05) is 31.9 Å². The zero-order chi connectivity index (χ0) is 12.0. The molecule has 1 N–H and O–H groups in total. The molecule has 0 radical (unpaired) electrons. The smallest absolute Gasteiger partial charge is 0.0703 e. The summed E-state index contributed by atoms with van der Waals surface area (Å²) in [6.07, 6.45) is 3.70. The average Bonchev–Trinajstić information content (AvgIpc) is 2.28. The van der Waals surface area contributed by atoms with Gasteiger partial charge >= 0.3 is 0 Å². The number of anilines is 1. The molecule has 1 rings (SSSR count). The minimum atomic E-state index is 0.0350. The summed E-state index contributed by atoms with van der Waals surface area (Å²) >= 11 is 0. The van der Waals surface area contributed by atoms with Crippen LogP contribution in [0.2, 0.25) is 0 Å². The van der Waals surface area contributed by atoms with E-state index in [-0.39, 0.29) is 12.7 Å². The molecule has 0 atom stereocenters. The third-order valence-electron chi connectivity index (χ3n) is 2.35. The lowest BCUT2D eigenvalue weighted by Crippen LogP contribution is -2.25. The first-order chi connectivity index (χ1) is 7.65. The predicted molar refractivity (Wildman–Crippen MR) is 64.5 cm³/mol. The molecule has 1 aromatic rings. The second-order valence-corrected chi connectivity index (χ2v) is 4.00. The van der Waals surface area contributed by atoms with Gasteiger partial charge in [-0.15, -0.1) is 0 Å². The van der Waals surface area contributed by atoms with Crippen LogP contribution in [0.25, 0.3) is 0 Å². The fourth-order valence-corrected chi connectivity index (χ4v) is 1.44. The summed E-state index contributed by atoms with van der Waals surface area (Å²) < 4.78 is 5.48. The van der Waals surface area contributed by atoms with Crippen molar-refractivity contribution in [2.45, 2.75) is 26.6 Å². The van der Waals surface area contributed by atoms with Crippen LogP contribution < -0.4 is 4.90 Å². The molecule has 0 aliphatic carbocycles. The second kappa shape index (κ2) is 6.45. The van der Waals surface area contributed by atoms with Gasteiger partial charge in [0.15, 0.2) is 0 Å². The van der Waals surface area contributed by atoms with E-state index in [0.717, 1.165) is 17.8 Å². The Kier molecular flexibility index (Phi) is 5.22. The number of ether oxygens (including phenoxy) is 1. The Hall–Kier alpha value is -1.13. The molecule has 4 nitrogen and oxygen atoms in total. The maximum absolute atomic E-state index is 9.20. The highest BCUT2D eigenvalue weighted by atomic mass is 16.5. The molecule has 0 bridgehead atoms. The first-order valence-electron chi connectivity index (χ1n) is 5.51. The summed E-state index contributed by atoms with van der Waals surface area (Å²) in [5.41, 5.74) is 1.85. The standard InChI is InChI=1S/C12H20N2O2/c1-10(2)16-7-6-14(3)12-8-13-5-4-11(12)9-15/h4-5,8,10,15H,6-7,9H2,1-3H3. The Labute approximate surface area is 96.9 Å². The van der Waals surface area contributed by atoms with Gasteiger partial charge in [0.25, 0.3) is 0 Å². The Morgan fingerprint density at radius 2 is 2.25 bits per heavy atom. The molecule has 90 valence electrons. The van der Waals surface area contributed by atoms with Crippen molar-refractivity contribution < 1.29 is 9.84 Å². The monoisotopic (exact) mass is 224 g/mol. The number of aromatic nitrogens is 1. The molecule has 0 spiro atoms. The summed E-state index contributed by atoms with van der Waals surface area (Å²) in [6.45, 7) is 5.53. The topological polar surface area (TPSA) is 45.6 Å². The van der Waals surface area contributed by atoms with Crippen molar-refractivity contribution >= 4 is 5.69 Å². The van der Waals surface area contributed by atoms with Gasteiger partial charge in [0.1, 0.15) is 0 Å². The molecule has 0 aliphatic rings. The minimum absolute atomic E-state index is 0.0350. The van der Waals surface area contributed by atoms with Gasteiger partial charge in [-0.05, 0) is 19.9 Å². The molecule has 0 aliphatic heterocycles. The van der Waals surface area contributed by atoms with Gasteiger partial charge in [-0.1, -0.05) is 0 Å². The lowest BCUT2D eigenvalue weighted by atomic mass is 10.2. The summed E-state index contributed by atoms with van der Waals surface area (Å²) in [5.74, 6) is 0. The third-order valence-corrected chi connectivity index (χ3v) is 2.35. The molecule has 16 heavy (non-hydrogen) atoms. The third kappa shape index (κ3) is 3.79. The Morgan fingerprint density at radius 3 is 2.88 bits per heavy atom. The van der Waals surface area contributed by atoms with Crippen molar-refractivity contribution in [2.24, 2.45) is 0 Å². The van der Waals surface area contributed by atoms with Crippen molar-refractivity contribution in [2.75, 3.05) is 25.1 Å². The Morgan fingerprint density at radius 1 is 1.50 bits per heavy atom. The number of hydrogen-bond donors (Lipinski definition) is 1. The van der Waals surface area contributed by atoms with Gasteiger partial charge in [-0.25, -0.2) is 0 Å². The lowest BCUT2D eigenvalue weighted by Gasteiger charge is -2.21. The fourth-order valence-electron chi connectivity index (χ4n) is 1.44. The van der Waals surface area contributed by atoms with E-state index >= 15 is 0 Å². The van der Waals surface area contributed by atoms with Crippen LogP contribution in [0.3, 0.4) is 0 Å². The summed E-state index contributed by atoms with van der Waals surface area (Å²) in [4.78, 5) is 6.11. The maximum Gasteiger partial charge on any atom is 0.0703 e. The summed E-state index contributed by atoms with van der Waals surface area (Å²) in [6, 6.07) is 1.83. The normalized spacial score (nSPS) is 10.8. The van der Waals surface area contributed by atoms with E-state index in [4.69, 9.17) is 4.74 Å². The molecular weight excluding hydrogens is 204 g/mol.